The summed E-state index contributed by atoms with van der Waals surface area (Å²) in [7, 11) is 0. The van der Waals surface area contributed by atoms with Crippen molar-refractivity contribution < 1.29 is 4.74 Å². The molecule has 2 aliphatic heterocycles. The summed E-state index contributed by atoms with van der Waals surface area (Å²) >= 11 is 0. The van der Waals surface area contributed by atoms with E-state index in [2.05, 4.69) is 11.8 Å². The second-order valence-electron chi connectivity index (χ2n) is 4.66. The molecular formula is C11H20N2O. The van der Waals surface area contributed by atoms with Crippen molar-refractivity contribution in [1.29, 1.82) is 5.41 Å². The van der Waals surface area contributed by atoms with Gasteiger partial charge in [0.05, 0.1) is 5.84 Å². The summed E-state index contributed by atoms with van der Waals surface area (Å²) in [5.41, 5.74) is 0.204. The standard InChI is InChI=1S/C11H20N2O/c1-11(5-8-14-9-6-11)13-7-3-2-4-10(13)12/h12H,2-9H2,1H3. The fourth-order valence-corrected chi connectivity index (χ4v) is 2.51. The maximum atomic E-state index is 7.99. The Morgan fingerprint density at radius 1 is 1.29 bits per heavy atom. The normalized spacial score (nSPS) is 27.8. The quantitative estimate of drug-likeness (QED) is 0.696. The molecule has 0 spiro atoms. The number of amidine groups is 1. The molecule has 0 atom stereocenters. The van der Waals surface area contributed by atoms with Gasteiger partial charge in [-0.2, -0.15) is 0 Å². The summed E-state index contributed by atoms with van der Waals surface area (Å²) in [6, 6.07) is 0. The first-order valence-corrected chi connectivity index (χ1v) is 5.65. The van der Waals surface area contributed by atoms with Crippen LogP contribution in [-0.4, -0.2) is 36.0 Å². The molecule has 2 aliphatic rings. The van der Waals surface area contributed by atoms with Crippen molar-refractivity contribution in [3.63, 3.8) is 0 Å². The van der Waals surface area contributed by atoms with Gasteiger partial charge in [0.1, 0.15) is 0 Å². The van der Waals surface area contributed by atoms with Crippen LogP contribution in [0.2, 0.25) is 0 Å². The maximum Gasteiger partial charge on any atom is 0.0962 e. The van der Waals surface area contributed by atoms with E-state index in [4.69, 9.17) is 10.1 Å². The number of likely N-dealkylation sites (tertiary alicyclic amines) is 1. The second-order valence-corrected chi connectivity index (χ2v) is 4.66. The third kappa shape index (κ3) is 1.78. The molecule has 2 rings (SSSR count). The molecule has 0 saturated carbocycles. The molecule has 0 bridgehead atoms. The zero-order valence-corrected chi connectivity index (χ0v) is 9.01. The largest absolute Gasteiger partial charge is 0.381 e. The van der Waals surface area contributed by atoms with Crippen molar-refractivity contribution in [2.75, 3.05) is 19.8 Å². The molecule has 0 aliphatic carbocycles. The first-order chi connectivity index (χ1) is 6.72. The van der Waals surface area contributed by atoms with Crippen LogP contribution in [0.3, 0.4) is 0 Å². The predicted molar refractivity (Wildman–Crippen MR) is 56.7 cm³/mol. The highest BCUT2D eigenvalue weighted by Gasteiger charge is 2.35. The van der Waals surface area contributed by atoms with Gasteiger partial charge in [0.15, 0.2) is 0 Å². The summed E-state index contributed by atoms with van der Waals surface area (Å²) in [5, 5.41) is 7.99. The van der Waals surface area contributed by atoms with E-state index >= 15 is 0 Å². The van der Waals surface area contributed by atoms with Crippen LogP contribution in [0.1, 0.15) is 39.0 Å². The zero-order chi connectivity index (χ0) is 10.0. The number of rotatable bonds is 1. The van der Waals surface area contributed by atoms with E-state index in [0.29, 0.717) is 0 Å². The number of nitrogens with zero attached hydrogens (tertiary/aromatic N) is 1. The van der Waals surface area contributed by atoms with Gasteiger partial charge in [0, 0.05) is 31.7 Å². The van der Waals surface area contributed by atoms with Crippen LogP contribution in [-0.2, 0) is 4.74 Å². The van der Waals surface area contributed by atoms with Crippen molar-refractivity contribution in [2.45, 2.75) is 44.6 Å². The smallest absolute Gasteiger partial charge is 0.0962 e. The predicted octanol–water partition coefficient (Wildman–Crippen LogP) is 2.02. The topological polar surface area (TPSA) is 36.3 Å². The van der Waals surface area contributed by atoms with Crippen LogP contribution < -0.4 is 0 Å². The van der Waals surface area contributed by atoms with Crippen LogP contribution in [0.25, 0.3) is 0 Å². The van der Waals surface area contributed by atoms with Gasteiger partial charge in [0.2, 0.25) is 0 Å². The van der Waals surface area contributed by atoms with Crippen LogP contribution in [0.5, 0.6) is 0 Å². The molecule has 14 heavy (non-hydrogen) atoms. The van der Waals surface area contributed by atoms with E-state index in [1.807, 2.05) is 0 Å². The number of piperidine rings is 1. The Kier molecular flexibility index (Phi) is 2.77. The number of hydrogen-bond acceptors (Lipinski definition) is 2. The minimum Gasteiger partial charge on any atom is -0.381 e. The Hall–Kier alpha value is -0.570. The third-order valence-corrected chi connectivity index (χ3v) is 3.59. The molecule has 2 heterocycles. The highest BCUT2D eigenvalue weighted by Crippen LogP contribution is 2.30. The molecule has 0 aromatic carbocycles. The van der Waals surface area contributed by atoms with Crippen molar-refractivity contribution in [3.8, 4) is 0 Å². The molecule has 2 fully saturated rings. The van der Waals surface area contributed by atoms with Gasteiger partial charge in [-0.1, -0.05) is 0 Å². The van der Waals surface area contributed by atoms with Gasteiger partial charge in [-0.05, 0) is 32.6 Å². The molecule has 2 saturated heterocycles. The molecule has 0 radical (unpaired) electrons. The van der Waals surface area contributed by atoms with Gasteiger partial charge >= 0.3 is 0 Å². The van der Waals surface area contributed by atoms with E-state index in [0.717, 1.165) is 44.9 Å². The summed E-state index contributed by atoms with van der Waals surface area (Å²) in [5.74, 6) is 0.848. The fourth-order valence-electron chi connectivity index (χ4n) is 2.51. The lowest BCUT2D eigenvalue weighted by Gasteiger charge is -2.47. The van der Waals surface area contributed by atoms with Crippen LogP contribution >= 0.6 is 0 Å². The summed E-state index contributed by atoms with van der Waals surface area (Å²) in [4.78, 5) is 2.32. The highest BCUT2D eigenvalue weighted by molar-refractivity contribution is 5.80. The second kappa shape index (κ2) is 3.89. The Morgan fingerprint density at radius 3 is 2.64 bits per heavy atom. The lowest BCUT2D eigenvalue weighted by molar-refractivity contribution is 0.00571. The minimum absolute atomic E-state index is 0.204. The monoisotopic (exact) mass is 196 g/mol. The summed E-state index contributed by atoms with van der Waals surface area (Å²) < 4.78 is 5.39. The number of nitrogens with one attached hydrogen (secondary N) is 1. The first kappa shape index (κ1) is 9.97. The van der Waals surface area contributed by atoms with E-state index in [1.54, 1.807) is 0 Å². The minimum atomic E-state index is 0.204. The fraction of sp³-hybridized carbons (Fsp3) is 0.909. The van der Waals surface area contributed by atoms with Crippen LogP contribution in [0.4, 0.5) is 0 Å². The Labute approximate surface area is 85.9 Å². The number of ether oxygens (including phenoxy) is 1. The van der Waals surface area contributed by atoms with Gasteiger partial charge in [-0.25, -0.2) is 0 Å². The van der Waals surface area contributed by atoms with Crippen LogP contribution in [0, 0.1) is 5.41 Å². The van der Waals surface area contributed by atoms with Crippen molar-refractivity contribution in [2.24, 2.45) is 0 Å². The Bertz CT molecular complexity index is 221. The van der Waals surface area contributed by atoms with Crippen molar-refractivity contribution in [1.82, 2.24) is 4.90 Å². The maximum absolute atomic E-state index is 7.99. The lowest BCUT2D eigenvalue weighted by Crippen LogP contribution is -2.54. The first-order valence-electron chi connectivity index (χ1n) is 5.65. The van der Waals surface area contributed by atoms with Gasteiger partial charge in [0.25, 0.3) is 0 Å². The SMILES string of the molecule is CC1(N2CCCCC2=N)CCOCC1. The van der Waals surface area contributed by atoms with Crippen molar-refractivity contribution in [3.05, 3.63) is 0 Å². The van der Waals surface area contributed by atoms with Gasteiger partial charge in [-0.3, -0.25) is 5.41 Å². The highest BCUT2D eigenvalue weighted by atomic mass is 16.5. The summed E-state index contributed by atoms with van der Waals surface area (Å²) in [6.45, 7) is 5.09. The molecule has 1 N–H and O–H groups in total. The number of hydrogen-bond donors (Lipinski definition) is 1. The lowest BCUT2D eigenvalue weighted by atomic mass is 9.88. The summed E-state index contributed by atoms with van der Waals surface area (Å²) in [6.07, 6.45) is 5.57. The van der Waals surface area contributed by atoms with Gasteiger partial charge < -0.3 is 9.64 Å². The molecule has 3 nitrogen and oxygen atoms in total. The van der Waals surface area contributed by atoms with Crippen molar-refractivity contribution >= 4 is 5.84 Å². The van der Waals surface area contributed by atoms with E-state index in [-0.39, 0.29) is 5.54 Å². The molecule has 80 valence electrons. The average molecular weight is 196 g/mol. The van der Waals surface area contributed by atoms with Gasteiger partial charge in [-0.15, -0.1) is 0 Å². The zero-order valence-electron chi connectivity index (χ0n) is 9.01. The van der Waals surface area contributed by atoms with E-state index in [9.17, 15) is 0 Å². The average Bonchev–Trinajstić information content (AvgIpc) is 2.19. The third-order valence-electron chi connectivity index (χ3n) is 3.59. The van der Waals surface area contributed by atoms with E-state index in [1.165, 1.54) is 12.8 Å². The molecule has 3 heteroatoms. The molecular weight excluding hydrogens is 176 g/mol. The van der Waals surface area contributed by atoms with E-state index < -0.39 is 0 Å². The molecule has 0 unspecified atom stereocenters. The molecule has 0 aromatic rings. The molecule has 0 aromatic heterocycles. The Balaban J connectivity index is 2.06. The Morgan fingerprint density at radius 2 is 2.00 bits per heavy atom. The molecule has 0 amide bonds. The van der Waals surface area contributed by atoms with Crippen LogP contribution in [0.15, 0.2) is 0 Å².